The fourth-order valence-electron chi connectivity index (χ4n) is 2.38. The Balaban J connectivity index is 1.80. The molecule has 0 radical (unpaired) electrons. The van der Waals surface area contributed by atoms with Crippen LogP contribution in [0.1, 0.15) is 11.1 Å². The predicted octanol–water partition coefficient (Wildman–Crippen LogP) is 5.62. The number of likely N-dealkylation sites (N-methyl/N-ethyl adjacent to an activating group) is 1. The van der Waals surface area contributed by atoms with Gasteiger partial charge in [-0.1, -0.05) is 29.3 Å². The third kappa shape index (κ3) is 4.48. The lowest BCUT2D eigenvalue weighted by molar-refractivity contribution is -0.121. The summed E-state index contributed by atoms with van der Waals surface area (Å²) < 4.78 is 7.25. The van der Waals surface area contributed by atoms with Crippen molar-refractivity contribution in [3.05, 3.63) is 66.1 Å². The zero-order valence-corrected chi connectivity index (χ0v) is 18.5. The first kappa shape index (κ1) is 20.2. The molecule has 5 nitrogen and oxygen atoms in total. The number of rotatable bonds is 4. The molecule has 1 N–H and O–H groups in total. The Hall–Kier alpha value is -1.54. The highest BCUT2D eigenvalue weighted by molar-refractivity contribution is 9.11. The number of nitrogens with one attached hydrogen (secondary N) is 1. The molecular weight excluding hydrogens is 523 g/mol. The molecule has 1 saturated heterocycles. The van der Waals surface area contributed by atoms with Gasteiger partial charge >= 0.3 is 6.03 Å². The van der Waals surface area contributed by atoms with E-state index in [1.165, 1.54) is 7.05 Å². The first-order valence-electron chi connectivity index (χ1n) is 7.63. The number of ether oxygens (including phenoxy) is 1. The van der Waals surface area contributed by atoms with Gasteiger partial charge in [-0.25, -0.2) is 4.79 Å². The van der Waals surface area contributed by atoms with Crippen LogP contribution in [0.2, 0.25) is 10.0 Å². The van der Waals surface area contributed by atoms with Gasteiger partial charge in [-0.05, 0) is 73.3 Å². The second-order valence-electron chi connectivity index (χ2n) is 5.70. The van der Waals surface area contributed by atoms with Crippen LogP contribution < -0.4 is 10.1 Å². The minimum atomic E-state index is -0.453. The van der Waals surface area contributed by atoms with Crippen LogP contribution in [0.15, 0.2) is 45.0 Å². The van der Waals surface area contributed by atoms with Gasteiger partial charge < -0.3 is 10.1 Å². The minimum absolute atomic E-state index is 0.214. The zero-order valence-electron chi connectivity index (χ0n) is 13.9. The Labute approximate surface area is 182 Å². The Morgan fingerprint density at radius 2 is 1.78 bits per heavy atom. The summed E-state index contributed by atoms with van der Waals surface area (Å²) in [6.45, 7) is 0.299. The highest BCUT2D eigenvalue weighted by Crippen LogP contribution is 2.36. The second-order valence-corrected chi connectivity index (χ2v) is 8.23. The van der Waals surface area contributed by atoms with Crippen LogP contribution in [0.25, 0.3) is 6.08 Å². The molecule has 140 valence electrons. The van der Waals surface area contributed by atoms with E-state index < -0.39 is 6.03 Å². The van der Waals surface area contributed by atoms with E-state index in [2.05, 4.69) is 37.2 Å². The molecule has 1 fully saturated rings. The van der Waals surface area contributed by atoms with Crippen molar-refractivity contribution in [3.8, 4) is 5.75 Å². The molecule has 27 heavy (non-hydrogen) atoms. The predicted molar refractivity (Wildman–Crippen MR) is 112 cm³/mol. The fraction of sp³-hybridized carbons (Fsp3) is 0.111. The minimum Gasteiger partial charge on any atom is -0.487 e. The molecule has 2 aromatic carbocycles. The molecule has 0 bridgehead atoms. The van der Waals surface area contributed by atoms with E-state index in [0.717, 1.165) is 16.0 Å². The van der Waals surface area contributed by atoms with Crippen molar-refractivity contribution in [3.63, 3.8) is 0 Å². The van der Waals surface area contributed by atoms with Gasteiger partial charge in [-0.15, -0.1) is 0 Å². The fourth-order valence-corrected chi connectivity index (χ4v) is 4.15. The third-order valence-corrected chi connectivity index (χ3v) is 5.70. The largest absolute Gasteiger partial charge is 0.487 e. The monoisotopic (exact) mass is 532 g/mol. The van der Waals surface area contributed by atoms with Gasteiger partial charge in [0, 0.05) is 7.05 Å². The van der Waals surface area contributed by atoms with Gasteiger partial charge in [0.05, 0.1) is 19.0 Å². The standard InChI is InChI=1S/C18H12Br2Cl2N2O3/c1-24-17(25)15(23-18(24)26)7-10-4-11(19)16(12(20)5-10)27-8-9-2-3-13(21)14(22)6-9/h2-7H,8H2,1H3,(H,23,26)/b15-7+. The number of hydrogen-bond acceptors (Lipinski definition) is 3. The number of amides is 3. The van der Waals surface area contributed by atoms with E-state index in [-0.39, 0.29) is 11.6 Å². The summed E-state index contributed by atoms with van der Waals surface area (Å²) in [4.78, 5) is 24.5. The number of benzene rings is 2. The second kappa shape index (κ2) is 8.22. The van der Waals surface area contributed by atoms with E-state index in [1.54, 1.807) is 30.3 Å². The topological polar surface area (TPSA) is 58.6 Å². The number of carbonyl (C=O) groups is 2. The van der Waals surface area contributed by atoms with Crippen LogP contribution in [-0.2, 0) is 11.4 Å². The highest BCUT2D eigenvalue weighted by atomic mass is 79.9. The summed E-state index contributed by atoms with van der Waals surface area (Å²) >= 11 is 18.9. The number of urea groups is 1. The van der Waals surface area contributed by atoms with E-state index >= 15 is 0 Å². The van der Waals surface area contributed by atoms with Crippen LogP contribution in [0.5, 0.6) is 5.75 Å². The van der Waals surface area contributed by atoms with Gasteiger partial charge in [0.15, 0.2) is 0 Å². The van der Waals surface area contributed by atoms with E-state index in [1.807, 2.05) is 6.07 Å². The molecule has 0 atom stereocenters. The molecule has 9 heteroatoms. The van der Waals surface area contributed by atoms with Gasteiger partial charge in [0.25, 0.3) is 5.91 Å². The average Bonchev–Trinajstić information content (AvgIpc) is 2.84. The van der Waals surface area contributed by atoms with E-state index in [9.17, 15) is 9.59 Å². The van der Waals surface area contributed by atoms with E-state index in [4.69, 9.17) is 27.9 Å². The molecule has 2 aromatic rings. The summed E-state index contributed by atoms with van der Waals surface area (Å²) in [6.07, 6.45) is 1.60. The molecule has 0 aromatic heterocycles. The third-order valence-electron chi connectivity index (χ3n) is 3.78. The number of hydrogen-bond donors (Lipinski definition) is 1. The molecule has 0 spiro atoms. The number of imide groups is 1. The lowest BCUT2D eigenvalue weighted by atomic mass is 10.2. The molecule has 1 heterocycles. The van der Waals surface area contributed by atoms with Crippen molar-refractivity contribution in [2.75, 3.05) is 7.05 Å². The van der Waals surface area contributed by atoms with Gasteiger partial charge in [-0.2, -0.15) is 0 Å². The molecule has 1 aliphatic rings. The van der Waals surface area contributed by atoms with Crippen LogP contribution in [-0.4, -0.2) is 23.9 Å². The molecular formula is C18H12Br2Cl2N2O3. The lowest BCUT2D eigenvalue weighted by Gasteiger charge is -2.12. The number of halogens is 4. The quantitative estimate of drug-likeness (QED) is 0.409. The van der Waals surface area contributed by atoms with Crippen molar-refractivity contribution in [1.29, 1.82) is 0 Å². The summed E-state index contributed by atoms with van der Waals surface area (Å²) in [5, 5.41) is 3.47. The molecule has 0 saturated carbocycles. The lowest BCUT2D eigenvalue weighted by Crippen LogP contribution is -2.25. The molecule has 0 unspecified atom stereocenters. The normalized spacial score (nSPS) is 15.4. The number of carbonyl (C=O) groups excluding carboxylic acids is 2. The maximum Gasteiger partial charge on any atom is 0.328 e. The summed E-state index contributed by atoms with van der Waals surface area (Å²) in [7, 11) is 1.42. The Morgan fingerprint density at radius 1 is 1.11 bits per heavy atom. The highest BCUT2D eigenvalue weighted by Gasteiger charge is 2.30. The molecule has 3 amide bonds. The SMILES string of the molecule is CN1C(=O)N/C(=C/c2cc(Br)c(OCc3ccc(Cl)c(Cl)c3)c(Br)c2)C1=O. The average molecular weight is 535 g/mol. The summed E-state index contributed by atoms with van der Waals surface area (Å²) in [6, 6.07) is 8.42. The van der Waals surface area contributed by atoms with Crippen molar-refractivity contribution < 1.29 is 14.3 Å². The first-order valence-corrected chi connectivity index (χ1v) is 9.97. The smallest absolute Gasteiger partial charge is 0.328 e. The van der Waals surface area contributed by atoms with Crippen LogP contribution in [0, 0.1) is 0 Å². The summed E-state index contributed by atoms with van der Waals surface area (Å²) in [5.74, 6) is 0.217. The Morgan fingerprint density at radius 3 is 2.33 bits per heavy atom. The van der Waals surface area contributed by atoms with Crippen LogP contribution in [0.3, 0.4) is 0 Å². The Bertz CT molecular complexity index is 956. The van der Waals surface area contributed by atoms with Crippen molar-refractivity contribution in [2.24, 2.45) is 0 Å². The van der Waals surface area contributed by atoms with Crippen molar-refractivity contribution >= 4 is 73.1 Å². The molecule has 1 aliphatic heterocycles. The zero-order chi connectivity index (χ0) is 19.7. The van der Waals surface area contributed by atoms with Gasteiger partial charge in [0.2, 0.25) is 0 Å². The summed E-state index contributed by atoms with van der Waals surface area (Å²) in [5.41, 5.74) is 1.80. The van der Waals surface area contributed by atoms with E-state index in [0.29, 0.717) is 31.3 Å². The maximum absolute atomic E-state index is 12.0. The maximum atomic E-state index is 12.0. The van der Waals surface area contributed by atoms with Crippen LogP contribution >= 0.6 is 55.1 Å². The molecule has 0 aliphatic carbocycles. The number of nitrogens with zero attached hydrogens (tertiary/aromatic N) is 1. The van der Waals surface area contributed by atoms with Crippen molar-refractivity contribution in [2.45, 2.75) is 6.61 Å². The van der Waals surface area contributed by atoms with Crippen LogP contribution in [0.4, 0.5) is 4.79 Å². The molecule has 3 rings (SSSR count). The first-order chi connectivity index (χ1) is 12.8. The van der Waals surface area contributed by atoms with Gasteiger partial charge in [-0.3, -0.25) is 9.69 Å². The Kier molecular flexibility index (Phi) is 6.15. The van der Waals surface area contributed by atoms with Crippen molar-refractivity contribution in [1.82, 2.24) is 10.2 Å². The van der Waals surface area contributed by atoms with Gasteiger partial charge in [0.1, 0.15) is 18.1 Å².